The van der Waals surface area contributed by atoms with Gasteiger partial charge in [0.15, 0.2) is 0 Å². The van der Waals surface area contributed by atoms with Gasteiger partial charge in [0, 0.05) is 17.2 Å². The van der Waals surface area contributed by atoms with Crippen molar-refractivity contribution in [3.05, 3.63) is 82.8 Å². The summed E-state index contributed by atoms with van der Waals surface area (Å²) in [4.78, 5) is 50.1. The molecule has 3 rings (SSSR count). The Balaban J connectivity index is 1.92. The monoisotopic (exact) mass is 409 g/mol. The number of hydrogen-bond acceptors (Lipinski definition) is 7. The minimum Gasteiger partial charge on any atom is -0.466 e. The van der Waals surface area contributed by atoms with Gasteiger partial charge < -0.3 is 4.74 Å². The van der Waals surface area contributed by atoms with Crippen molar-refractivity contribution in [3.63, 3.8) is 0 Å². The second-order valence-corrected chi connectivity index (χ2v) is 6.66. The van der Waals surface area contributed by atoms with Crippen LogP contribution in [0.5, 0.6) is 0 Å². The van der Waals surface area contributed by atoms with Crippen molar-refractivity contribution < 1.29 is 23.9 Å². The number of rotatable bonds is 4. The van der Waals surface area contributed by atoms with Gasteiger partial charge in [-0.1, -0.05) is 36.4 Å². The molecule has 0 saturated carbocycles. The molecule has 1 aliphatic rings. The van der Waals surface area contributed by atoms with Crippen molar-refractivity contribution in [3.8, 4) is 0 Å². The van der Waals surface area contributed by atoms with Gasteiger partial charge in [-0.3, -0.25) is 14.4 Å². The Hall–Kier alpha value is -3.72. The number of esters is 1. The van der Waals surface area contributed by atoms with E-state index >= 15 is 0 Å². The first-order chi connectivity index (χ1) is 14.0. The Labute approximate surface area is 170 Å². The average molecular weight is 409 g/mol. The van der Waals surface area contributed by atoms with E-state index in [1.54, 1.807) is 60.7 Å². The van der Waals surface area contributed by atoms with Gasteiger partial charge in [0.05, 0.1) is 12.0 Å². The number of amides is 3. The molecule has 0 unspecified atom stereocenters. The van der Waals surface area contributed by atoms with Crippen LogP contribution in [0.3, 0.4) is 0 Å². The number of carbonyl (C=O) groups excluding carboxylic acids is 4. The maximum absolute atomic E-state index is 12.8. The van der Waals surface area contributed by atoms with Crippen molar-refractivity contribution in [1.82, 2.24) is 10.3 Å². The summed E-state index contributed by atoms with van der Waals surface area (Å²) in [7, 11) is 1.17. The fraction of sp³-hybridized carbons (Fsp3) is 0.0500. The Morgan fingerprint density at radius 1 is 1.00 bits per heavy atom. The molecule has 1 saturated heterocycles. The second kappa shape index (κ2) is 8.98. The van der Waals surface area contributed by atoms with Crippen LogP contribution in [-0.4, -0.2) is 40.9 Å². The number of nitrogens with one attached hydrogen (secondary N) is 1. The highest BCUT2D eigenvalue weighted by atomic mass is 32.2. The molecule has 1 fully saturated rings. The van der Waals surface area contributed by atoms with E-state index in [1.807, 2.05) is 0 Å². The van der Waals surface area contributed by atoms with Crippen molar-refractivity contribution in [2.75, 3.05) is 7.11 Å². The predicted octanol–water partition coefficient (Wildman–Crippen LogP) is 2.16. The highest BCUT2D eigenvalue weighted by molar-refractivity contribution is 8.18. The zero-order valence-corrected chi connectivity index (χ0v) is 16.0. The lowest BCUT2D eigenvalue weighted by Crippen LogP contribution is -2.37. The van der Waals surface area contributed by atoms with Gasteiger partial charge in [0.1, 0.15) is 0 Å². The SMILES string of the molecule is COC(=O)/C=C1\S/C(=N/NC(=O)c2ccccc2)N(C(=O)c2ccccc2)C1=O. The van der Waals surface area contributed by atoms with E-state index in [9.17, 15) is 19.2 Å². The van der Waals surface area contributed by atoms with E-state index in [0.717, 1.165) is 22.7 Å². The molecule has 0 aromatic heterocycles. The first kappa shape index (κ1) is 20.0. The van der Waals surface area contributed by atoms with E-state index < -0.39 is 23.7 Å². The number of methoxy groups -OCH3 is 1. The highest BCUT2D eigenvalue weighted by Gasteiger charge is 2.39. The van der Waals surface area contributed by atoms with Crippen LogP contribution in [0, 0.1) is 0 Å². The third-order valence-corrected chi connectivity index (χ3v) is 4.74. The minimum absolute atomic E-state index is 0.0474. The van der Waals surface area contributed by atoms with E-state index in [2.05, 4.69) is 15.3 Å². The Kier molecular flexibility index (Phi) is 6.20. The van der Waals surface area contributed by atoms with Crippen LogP contribution < -0.4 is 5.43 Å². The summed E-state index contributed by atoms with van der Waals surface area (Å²) in [5, 5.41) is 3.85. The van der Waals surface area contributed by atoms with E-state index in [0.29, 0.717) is 5.56 Å². The Morgan fingerprint density at radius 3 is 2.17 bits per heavy atom. The fourth-order valence-corrected chi connectivity index (χ4v) is 3.24. The lowest BCUT2D eigenvalue weighted by atomic mass is 10.2. The summed E-state index contributed by atoms with van der Waals surface area (Å²) in [6, 6.07) is 16.5. The summed E-state index contributed by atoms with van der Waals surface area (Å²) >= 11 is 0.782. The zero-order chi connectivity index (χ0) is 20.8. The van der Waals surface area contributed by atoms with Gasteiger partial charge in [-0.15, -0.1) is 5.10 Å². The molecule has 0 aliphatic carbocycles. The number of hydrazone groups is 1. The number of amidine groups is 1. The summed E-state index contributed by atoms with van der Waals surface area (Å²) < 4.78 is 4.54. The Bertz CT molecular complexity index is 1020. The van der Waals surface area contributed by atoms with Crippen molar-refractivity contribution >= 4 is 40.6 Å². The molecule has 0 spiro atoms. The maximum Gasteiger partial charge on any atom is 0.331 e. The number of nitrogens with zero attached hydrogens (tertiary/aromatic N) is 2. The standard InChI is InChI=1S/C20H15N3O5S/c1-28-16(24)12-15-19(27)23(18(26)14-10-6-3-7-11-14)20(29-15)22-21-17(25)13-8-4-2-5-9-13/h2-12H,1H3,(H,21,25)/b15-12-,22-20+. The average Bonchev–Trinajstić information content (AvgIpc) is 3.07. The zero-order valence-electron chi connectivity index (χ0n) is 15.2. The van der Waals surface area contributed by atoms with Crippen molar-refractivity contribution in [2.24, 2.45) is 5.10 Å². The second-order valence-electron chi connectivity index (χ2n) is 5.65. The predicted molar refractivity (Wildman–Crippen MR) is 107 cm³/mol. The number of thioether (sulfide) groups is 1. The van der Waals surface area contributed by atoms with Gasteiger partial charge in [0.2, 0.25) is 5.17 Å². The molecular weight excluding hydrogens is 394 g/mol. The van der Waals surface area contributed by atoms with Gasteiger partial charge >= 0.3 is 5.97 Å². The molecule has 1 aliphatic heterocycles. The van der Waals surface area contributed by atoms with E-state index in [4.69, 9.17) is 0 Å². The molecule has 2 aromatic rings. The van der Waals surface area contributed by atoms with Crippen LogP contribution in [0.4, 0.5) is 0 Å². The molecule has 0 bridgehead atoms. The minimum atomic E-state index is -0.748. The summed E-state index contributed by atoms with van der Waals surface area (Å²) in [6.45, 7) is 0. The van der Waals surface area contributed by atoms with E-state index in [1.165, 1.54) is 7.11 Å². The van der Waals surface area contributed by atoms with Gasteiger partial charge in [0.25, 0.3) is 17.7 Å². The summed E-state index contributed by atoms with van der Waals surface area (Å²) in [5.41, 5.74) is 2.94. The normalized spacial score (nSPS) is 16.2. The number of carbonyl (C=O) groups is 4. The summed E-state index contributed by atoms with van der Waals surface area (Å²) in [5.74, 6) is -2.63. The first-order valence-corrected chi connectivity index (χ1v) is 9.17. The number of ether oxygens (including phenoxy) is 1. The molecule has 1 heterocycles. The van der Waals surface area contributed by atoms with Crippen LogP contribution in [0.2, 0.25) is 0 Å². The highest BCUT2D eigenvalue weighted by Crippen LogP contribution is 2.32. The maximum atomic E-state index is 12.8. The van der Waals surface area contributed by atoms with Gasteiger partial charge in [-0.25, -0.2) is 15.1 Å². The molecule has 2 aromatic carbocycles. The quantitative estimate of drug-likeness (QED) is 0.359. The number of benzene rings is 2. The lowest BCUT2D eigenvalue weighted by Gasteiger charge is -2.13. The van der Waals surface area contributed by atoms with Crippen molar-refractivity contribution in [1.29, 1.82) is 0 Å². The fourth-order valence-electron chi connectivity index (χ4n) is 2.36. The smallest absolute Gasteiger partial charge is 0.331 e. The molecule has 3 amide bonds. The first-order valence-electron chi connectivity index (χ1n) is 8.35. The topological polar surface area (TPSA) is 105 Å². The third-order valence-electron chi connectivity index (χ3n) is 3.77. The molecule has 9 heteroatoms. The van der Waals surface area contributed by atoms with Gasteiger partial charge in [-0.2, -0.15) is 0 Å². The van der Waals surface area contributed by atoms with Crippen LogP contribution in [0.25, 0.3) is 0 Å². The largest absolute Gasteiger partial charge is 0.466 e. The summed E-state index contributed by atoms with van der Waals surface area (Å²) in [6.07, 6.45) is 0.972. The lowest BCUT2D eigenvalue weighted by molar-refractivity contribution is -0.135. The van der Waals surface area contributed by atoms with Crippen molar-refractivity contribution in [2.45, 2.75) is 0 Å². The van der Waals surface area contributed by atoms with Crippen LogP contribution in [0.1, 0.15) is 20.7 Å². The molecule has 29 heavy (non-hydrogen) atoms. The molecule has 8 nitrogen and oxygen atoms in total. The molecule has 146 valence electrons. The molecule has 0 atom stereocenters. The number of hydrogen-bond donors (Lipinski definition) is 1. The van der Waals surface area contributed by atoms with Crippen LogP contribution >= 0.6 is 11.8 Å². The molecular formula is C20H15N3O5S. The molecule has 0 radical (unpaired) electrons. The number of imide groups is 1. The Morgan fingerprint density at radius 2 is 1.59 bits per heavy atom. The van der Waals surface area contributed by atoms with Crippen LogP contribution in [-0.2, 0) is 14.3 Å². The van der Waals surface area contributed by atoms with E-state index in [-0.39, 0.29) is 15.6 Å². The van der Waals surface area contributed by atoms with Crippen LogP contribution in [0.15, 0.2) is 76.7 Å². The molecule has 1 N–H and O–H groups in total. The van der Waals surface area contributed by atoms with Gasteiger partial charge in [-0.05, 0) is 36.0 Å². The third kappa shape index (κ3) is 4.58.